The maximum Gasteiger partial charge on any atom is 0.119 e. The van der Waals surface area contributed by atoms with Crippen molar-refractivity contribution >= 4 is 12.4 Å². The zero-order chi connectivity index (χ0) is 12.2. The third-order valence-corrected chi connectivity index (χ3v) is 3.04. The predicted molar refractivity (Wildman–Crippen MR) is 76.4 cm³/mol. The van der Waals surface area contributed by atoms with Crippen LogP contribution in [0.15, 0.2) is 24.3 Å². The summed E-state index contributed by atoms with van der Waals surface area (Å²) < 4.78 is 5.27. The summed E-state index contributed by atoms with van der Waals surface area (Å²) >= 11 is 0. The lowest BCUT2D eigenvalue weighted by Crippen LogP contribution is -2.24. The molecule has 0 bridgehead atoms. The van der Waals surface area contributed by atoms with Gasteiger partial charge in [0.1, 0.15) is 5.75 Å². The number of rotatable bonds is 5. The van der Waals surface area contributed by atoms with Crippen molar-refractivity contribution in [1.82, 2.24) is 4.90 Å². The van der Waals surface area contributed by atoms with Gasteiger partial charge < -0.3 is 9.64 Å². The number of benzene rings is 1. The second-order valence-corrected chi connectivity index (χ2v) is 5.17. The van der Waals surface area contributed by atoms with Gasteiger partial charge in [-0.05, 0) is 50.2 Å². The molecule has 17 heavy (non-hydrogen) atoms. The minimum absolute atomic E-state index is 0. The summed E-state index contributed by atoms with van der Waals surface area (Å²) in [4.78, 5) is 2.22. The van der Waals surface area contributed by atoms with E-state index in [4.69, 9.17) is 4.74 Å². The van der Waals surface area contributed by atoms with Gasteiger partial charge in [0.05, 0.1) is 7.11 Å². The highest BCUT2D eigenvalue weighted by molar-refractivity contribution is 5.85. The van der Waals surface area contributed by atoms with Crippen molar-refractivity contribution in [2.75, 3.05) is 27.7 Å². The summed E-state index contributed by atoms with van der Waals surface area (Å²) in [6, 6.07) is 8.37. The van der Waals surface area contributed by atoms with Crippen LogP contribution in [-0.4, -0.2) is 32.6 Å². The summed E-state index contributed by atoms with van der Waals surface area (Å²) in [5.41, 5.74) is 1.53. The molecule has 1 rings (SSSR count). The van der Waals surface area contributed by atoms with Crippen LogP contribution in [0.5, 0.6) is 5.75 Å². The summed E-state index contributed by atoms with van der Waals surface area (Å²) in [6.07, 6.45) is 1.15. The normalized spacial score (nSPS) is 11.2. The molecule has 0 aliphatic heterocycles. The highest BCUT2D eigenvalue weighted by atomic mass is 35.5. The van der Waals surface area contributed by atoms with Crippen molar-refractivity contribution in [2.24, 2.45) is 0 Å². The molecular weight excluding hydrogens is 234 g/mol. The molecule has 0 saturated carbocycles. The predicted octanol–water partition coefficient (Wildman–Crippen LogP) is 3.35. The Bertz CT molecular complexity index is 337. The zero-order valence-corrected chi connectivity index (χ0v) is 12.3. The van der Waals surface area contributed by atoms with E-state index in [9.17, 15) is 0 Å². The van der Waals surface area contributed by atoms with Gasteiger partial charge in [-0.2, -0.15) is 0 Å². The lowest BCUT2D eigenvalue weighted by molar-refractivity contribution is 0.341. The fourth-order valence-electron chi connectivity index (χ4n) is 1.69. The van der Waals surface area contributed by atoms with E-state index in [2.05, 4.69) is 51.0 Å². The van der Waals surface area contributed by atoms with Gasteiger partial charge in [-0.15, -0.1) is 12.4 Å². The Morgan fingerprint density at radius 1 is 1.24 bits per heavy atom. The van der Waals surface area contributed by atoms with E-state index in [0.29, 0.717) is 0 Å². The molecule has 98 valence electrons. The monoisotopic (exact) mass is 257 g/mol. The van der Waals surface area contributed by atoms with Gasteiger partial charge in [-0.1, -0.05) is 26.0 Å². The van der Waals surface area contributed by atoms with E-state index in [1.54, 1.807) is 7.11 Å². The smallest absolute Gasteiger partial charge is 0.119 e. The van der Waals surface area contributed by atoms with Gasteiger partial charge in [-0.25, -0.2) is 0 Å². The first-order valence-electron chi connectivity index (χ1n) is 5.75. The van der Waals surface area contributed by atoms with Crippen LogP contribution in [-0.2, 0) is 5.41 Å². The third kappa shape index (κ3) is 4.97. The van der Waals surface area contributed by atoms with Crippen molar-refractivity contribution in [1.29, 1.82) is 0 Å². The standard InChI is InChI=1S/C14H23NO.ClH/c1-14(2,9-10-15(3)4)12-7-6-8-13(11-12)16-5;/h6-8,11H,9-10H2,1-5H3;1H. The largest absolute Gasteiger partial charge is 0.497 e. The van der Waals surface area contributed by atoms with Gasteiger partial charge in [0.25, 0.3) is 0 Å². The first-order chi connectivity index (χ1) is 7.45. The van der Waals surface area contributed by atoms with Crippen LogP contribution in [0.3, 0.4) is 0 Å². The average molecular weight is 258 g/mol. The fourth-order valence-corrected chi connectivity index (χ4v) is 1.69. The fraction of sp³-hybridized carbons (Fsp3) is 0.571. The Balaban J connectivity index is 0.00000256. The molecule has 0 radical (unpaired) electrons. The number of methoxy groups -OCH3 is 1. The molecule has 2 nitrogen and oxygen atoms in total. The van der Waals surface area contributed by atoms with E-state index >= 15 is 0 Å². The Kier molecular flexibility index (Phi) is 6.58. The van der Waals surface area contributed by atoms with Crippen molar-refractivity contribution in [3.8, 4) is 5.75 Å². The third-order valence-electron chi connectivity index (χ3n) is 3.04. The Morgan fingerprint density at radius 3 is 2.41 bits per heavy atom. The molecule has 0 fully saturated rings. The van der Waals surface area contributed by atoms with Crippen molar-refractivity contribution in [3.63, 3.8) is 0 Å². The number of hydrogen-bond donors (Lipinski definition) is 0. The number of halogens is 1. The summed E-state index contributed by atoms with van der Waals surface area (Å²) in [5, 5.41) is 0. The lowest BCUT2D eigenvalue weighted by Gasteiger charge is -2.27. The molecule has 3 heteroatoms. The second kappa shape index (κ2) is 6.87. The van der Waals surface area contributed by atoms with Gasteiger partial charge in [0.15, 0.2) is 0 Å². The minimum Gasteiger partial charge on any atom is -0.497 e. The highest BCUT2D eigenvalue weighted by Crippen LogP contribution is 2.29. The van der Waals surface area contributed by atoms with Gasteiger partial charge in [0.2, 0.25) is 0 Å². The zero-order valence-electron chi connectivity index (χ0n) is 11.5. The van der Waals surface area contributed by atoms with E-state index in [0.717, 1.165) is 18.7 Å². The van der Waals surface area contributed by atoms with Crippen LogP contribution in [0, 0.1) is 0 Å². The average Bonchev–Trinajstić information content (AvgIpc) is 2.27. The molecule has 0 atom stereocenters. The SMILES string of the molecule is COc1cccc(C(C)(C)CCN(C)C)c1.Cl. The molecule has 0 unspecified atom stereocenters. The van der Waals surface area contributed by atoms with Crippen molar-refractivity contribution in [3.05, 3.63) is 29.8 Å². The van der Waals surface area contributed by atoms with Gasteiger partial charge in [0, 0.05) is 0 Å². The molecule has 1 aromatic carbocycles. The molecule has 0 aliphatic carbocycles. The van der Waals surface area contributed by atoms with Crippen molar-refractivity contribution in [2.45, 2.75) is 25.7 Å². The first-order valence-corrected chi connectivity index (χ1v) is 5.75. The molecule has 0 saturated heterocycles. The Labute approximate surface area is 111 Å². The Hall–Kier alpha value is -0.730. The maximum atomic E-state index is 5.27. The van der Waals surface area contributed by atoms with Crippen LogP contribution in [0.4, 0.5) is 0 Å². The second-order valence-electron chi connectivity index (χ2n) is 5.17. The summed E-state index contributed by atoms with van der Waals surface area (Å²) in [5.74, 6) is 0.940. The van der Waals surface area contributed by atoms with Crippen molar-refractivity contribution < 1.29 is 4.74 Å². The quantitative estimate of drug-likeness (QED) is 0.802. The topological polar surface area (TPSA) is 12.5 Å². The molecule has 0 N–H and O–H groups in total. The molecule has 0 aliphatic rings. The van der Waals surface area contributed by atoms with E-state index in [1.165, 1.54) is 5.56 Å². The minimum atomic E-state index is 0. The van der Waals surface area contributed by atoms with E-state index in [1.807, 2.05) is 6.07 Å². The molecule has 0 spiro atoms. The Morgan fingerprint density at radius 2 is 1.88 bits per heavy atom. The number of hydrogen-bond acceptors (Lipinski definition) is 2. The van der Waals surface area contributed by atoms with Crippen LogP contribution in [0.25, 0.3) is 0 Å². The molecule has 0 aromatic heterocycles. The van der Waals surface area contributed by atoms with E-state index < -0.39 is 0 Å². The number of ether oxygens (including phenoxy) is 1. The number of nitrogens with zero attached hydrogens (tertiary/aromatic N) is 1. The van der Waals surface area contributed by atoms with Crippen LogP contribution in [0.1, 0.15) is 25.8 Å². The van der Waals surface area contributed by atoms with Crippen LogP contribution >= 0.6 is 12.4 Å². The molecule has 1 aromatic rings. The van der Waals surface area contributed by atoms with Crippen LogP contribution in [0.2, 0.25) is 0 Å². The molecule has 0 amide bonds. The maximum absolute atomic E-state index is 5.27. The summed E-state index contributed by atoms with van der Waals surface area (Å²) in [6.45, 7) is 5.67. The molecule has 0 heterocycles. The van der Waals surface area contributed by atoms with E-state index in [-0.39, 0.29) is 17.8 Å². The van der Waals surface area contributed by atoms with Crippen LogP contribution < -0.4 is 4.74 Å². The highest BCUT2D eigenvalue weighted by Gasteiger charge is 2.20. The van der Waals surface area contributed by atoms with Gasteiger partial charge >= 0.3 is 0 Å². The first kappa shape index (κ1) is 16.3. The summed E-state index contributed by atoms with van der Waals surface area (Å²) in [7, 11) is 5.94. The lowest BCUT2D eigenvalue weighted by atomic mass is 9.81. The van der Waals surface area contributed by atoms with Gasteiger partial charge in [-0.3, -0.25) is 0 Å². The molecular formula is C14H24ClNO.